The van der Waals surface area contributed by atoms with Gasteiger partial charge in [0, 0.05) is 35.2 Å². The summed E-state index contributed by atoms with van der Waals surface area (Å²) in [4.78, 5) is 47.3. The van der Waals surface area contributed by atoms with Crippen molar-refractivity contribution in [3.63, 3.8) is 0 Å². The summed E-state index contributed by atoms with van der Waals surface area (Å²) in [6, 6.07) is 19.8. The number of benzene rings is 3. The molecule has 7 nitrogen and oxygen atoms in total. The number of hydrogen-bond donors (Lipinski definition) is 2. The number of esters is 1. The topological polar surface area (TPSA) is 102 Å². The lowest BCUT2D eigenvalue weighted by atomic mass is 10.1. The normalized spacial score (nSPS) is 10.4. The highest BCUT2D eigenvalue weighted by Gasteiger charge is 2.11. The van der Waals surface area contributed by atoms with Crippen molar-refractivity contribution in [2.75, 3.05) is 17.2 Å². The number of hydrogen-bond acceptors (Lipinski definition) is 5. The van der Waals surface area contributed by atoms with Gasteiger partial charge in [-0.15, -0.1) is 0 Å². The Labute approximate surface area is 185 Å². The van der Waals surface area contributed by atoms with Gasteiger partial charge in [0.05, 0.1) is 0 Å². The van der Waals surface area contributed by atoms with E-state index in [4.69, 9.17) is 4.74 Å². The molecule has 3 aromatic carbocycles. The van der Waals surface area contributed by atoms with E-state index in [0.29, 0.717) is 17.7 Å². The lowest BCUT2D eigenvalue weighted by molar-refractivity contribution is -0.147. The number of ether oxygens (including phenoxy) is 1. The number of nitrogens with one attached hydrogen (secondary N) is 2. The maximum Gasteiger partial charge on any atom is 0.306 e. The van der Waals surface area contributed by atoms with E-state index in [2.05, 4.69) is 10.6 Å². The smallest absolute Gasteiger partial charge is 0.306 e. The Balaban J connectivity index is 1.37. The monoisotopic (exact) mass is 432 g/mol. The summed E-state index contributed by atoms with van der Waals surface area (Å²) in [5.41, 5.74) is 1.77. The molecule has 0 radical (unpaired) electrons. The zero-order valence-electron chi connectivity index (χ0n) is 17.7. The van der Waals surface area contributed by atoms with Crippen molar-refractivity contribution in [3.05, 3.63) is 72.3 Å². The lowest BCUT2D eigenvalue weighted by Gasteiger charge is -2.09. The van der Waals surface area contributed by atoms with Gasteiger partial charge in [-0.25, -0.2) is 0 Å². The van der Waals surface area contributed by atoms with E-state index in [0.717, 1.165) is 16.5 Å². The maximum atomic E-state index is 12.2. The Morgan fingerprint density at radius 2 is 1.50 bits per heavy atom. The molecule has 0 saturated heterocycles. The second-order valence-electron chi connectivity index (χ2n) is 7.27. The molecule has 0 aliphatic heterocycles. The fourth-order valence-corrected chi connectivity index (χ4v) is 3.14. The molecule has 2 amide bonds. The summed E-state index contributed by atoms with van der Waals surface area (Å²) in [6.07, 6.45) is 0.500. The third-order valence-corrected chi connectivity index (χ3v) is 4.79. The fraction of sp³-hybridized carbons (Fsp3) is 0.200. The van der Waals surface area contributed by atoms with Crippen LogP contribution >= 0.6 is 0 Å². The van der Waals surface area contributed by atoms with Gasteiger partial charge in [-0.3, -0.25) is 19.2 Å². The molecule has 0 unspecified atom stereocenters. The van der Waals surface area contributed by atoms with E-state index in [9.17, 15) is 19.2 Å². The molecule has 0 fully saturated rings. The Hall–Kier alpha value is -4.00. The Morgan fingerprint density at radius 3 is 2.25 bits per heavy atom. The van der Waals surface area contributed by atoms with Crippen molar-refractivity contribution in [1.29, 1.82) is 0 Å². The van der Waals surface area contributed by atoms with E-state index in [1.165, 1.54) is 6.92 Å². The summed E-state index contributed by atoms with van der Waals surface area (Å²) < 4.78 is 4.96. The summed E-state index contributed by atoms with van der Waals surface area (Å²) in [5, 5.41) is 7.44. The van der Waals surface area contributed by atoms with Crippen LogP contribution in [0.3, 0.4) is 0 Å². The minimum atomic E-state index is -0.551. The van der Waals surface area contributed by atoms with Gasteiger partial charge in [-0.1, -0.05) is 36.4 Å². The Morgan fingerprint density at radius 1 is 0.781 bits per heavy atom. The quantitative estimate of drug-likeness (QED) is 0.387. The van der Waals surface area contributed by atoms with Gasteiger partial charge >= 0.3 is 5.97 Å². The molecular weight excluding hydrogens is 408 g/mol. The van der Waals surface area contributed by atoms with Crippen molar-refractivity contribution in [1.82, 2.24) is 0 Å². The average molecular weight is 432 g/mol. The van der Waals surface area contributed by atoms with Gasteiger partial charge in [0.25, 0.3) is 5.91 Å². The molecule has 0 aliphatic rings. The van der Waals surface area contributed by atoms with Crippen LogP contribution in [0.5, 0.6) is 0 Å². The molecule has 0 saturated carbocycles. The first-order valence-corrected chi connectivity index (χ1v) is 10.3. The number of amides is 2. The van der Waals surface area contributed by atoms with Crippen LogP contribution in [-0.4, -0.2) is 30.2 Å². The first-order valence-electron chi connectivity index (χ1n) is 10.3. The van der Waals surface area contributed by atoms with E-state index in [1.54, 1.807) is 24.3 Å². The minimum absolute atomic E-state index is 0.0313. The van der Waals surface area contributed by atoms with Crippen molar-refractivity contribution < 1.29 is 23.9 Å². The van der Waals surface area contributed by atoms with Crippen LogP contribution in [0.1, 0.15) is 36.5 Å². The molecule has 7 heteroatoms. The summed E-state index contributed by atoms with van der Waals surface area (Å²) in [7, 11) is 0. The van der Waals surface area contributed by atoms with Crippen LogP contribution in [0.4, 0.5) is 11.4 Å². The van der Waals surface area contributed by atoms with E-state index in [-0.39, 0.29) is 24.5 Å². The van der Waals surface area contributed by atoms with Crippen molar-refractivity contribution in [2.45, 2.75) is 26.2 Å². The molecule has 2 N–H and O–H groups in total. The number of anilines is 2. The average Bonchev–Trinajstić information content (AvgIpc) is 2.78. The van der Waals surface area contributed by atoms with Crippen LogP contribution in [0.25, 0.3) is 10.8 Å². The molecule has 32 heavy (non-hydrogen) atoms. The molecule has 0 atom stereocenters. The third-order valence-electron chi connectivity index (χ3n) is 4.79. The Bertz CT molecular complexity index is 1130. The molecular formula is C25H24N2O5. The third kappa shape index (κ3) is 6.50. The van der Waals surface area contributed by atoms with Gasteiger partial charge in [0.2, 0.25) is 5.91 Å². The van der Waals surface area contributed by atoms with Crippen molar-refractivity contribution >= 4 is 45.7 Å². The predicted octanol–water partition coefficient (Wildman–Crippen LogP) is 4.33. The largest absolute Gasteiger partial charge is 0.456 e. The summed E-state index contributed by atoms with van der Waals surface area (Å²) >= 11 is 0. The summed E-state index contributed by atoms with van der Waals surface area (Å²) in [5.74, 6) is -1.30. The number of ketones is 1. The highest BCUT2D eigenvalue weighted by molar-refractivity contribution is 6.02. The maximum absolute atomic E-state index is 12.2. The molecule has 0 bridgehead atoms. The molecule has 3 rings (SSSR count). The number of rotatable bonds is 9. The molecule has 164 valence electrons. The highest BCUT2D eigenvalue weighted by atomic mass is 16.5. The van der Waals surface area contributed by atoms with E-state index >= 15 is 0 Å². The number of fused-ring (bicyclic) bond motifs is 1. The van der Waals surface area contributed by atoms with Gasteiger partial charge in [-0.05, 0) is 49.1 Å². The second-order valence-corrected chi connectivity index (χ2v) is 7.27. The van der Waals surface area contributed by atoms with Gasteiger partial charge in [0.1, 0.15) is 0 Å². The molecule has 0 heterocycles. The molecule has 3 aromatic rings. The number of carbonyl (C=O) groups is 4. The zero-order chi connectivity index (χ0) is 22.9. The van der Waals surface area contributed by atoms with Crippen molar-refractivity contribution in [3.8, 4) is 0 Å². The van der Waals surface area contributed by atoms with Crippen LogP contribution in [-0.2, 0) is 19.1 Å². The van der Waals surface area contributed by atoms with Crippen molar-refractivity contribution in [2.24, 2.45) is 0 Å². The molecule has 0 aliphatic carbocycles. The standard InChI is InChI=1S/C25H24N2O5/c1-17(28)18-12-14-20(15-13-18)26-24(30)16-32-25(31)11-5-10-23(29)27-22-9-4-7-19-6-2-3-8-21(19)22/h2-4,6-9,12-15H,5,10-11,16H2,1H3,(H,26,30)(H,27,29). The summed E-state index contributed by atoms with van der Waals surface area (Å²) in [6.45, 7) is 1.04. The first-order chi connectivity index (χ1) is 15.4. The predicted molar refractivity (Wildman–Crippen MR) is 122 cm³/mol. The van der Waals surface area contributed by atoms with Crippen LogP contribution in [0, 0.1) is 0 Å². The molecule has 0 spiro atoms. The minimum Gasteiger partial charge on any atom is -0.456 e. The van der Waals surface area contributed by atoms with Crippen LogP contribution < -0.4 is 10.6 Å². The first kappa shape index (κ1) is 22.7. The van der Waals surface area contributed by atoms with E-state index < -0.39 is 18.5 Å². The van der Waals surface area contributed by atoms with Crippen LogP contribution in [0.2, 0.25) is 0 Å². The number of carbonyl (C=O) groups excluding carboxylic acids is 4. The van der Waals surface area contributed by atoms with Gasteiger partial charge in [-0.2, -0.15) is 0 Å². The second kappa shape index (κ2) is 10.9. The SMILES string of the molecule is CC(=O)c1ccc(NC(=O)COC(=O)CCCC(=O)Nc2cccc3ccccc23)cc1. The number of Topliss-reactive ketones (excluding diaryl/α,β-unsaturated/α-hetero) is 1. The molecule has 0 aromatic heterocycles. The Kier molecular flexibility index (Phi) is 7.70. The highest BCUT2D eigenvalue weighted by Crippen LogP contribution is 2.23. The fourth-order valence-electron chi connectivity index (χ4n) is 3.14. The van der Waals surface area contributed by atoms with E-state index in [1.807, 2.05) is 42.5 Å². The van der Waals surface area contributed by atoms with Crippen LogP contribution in [0.15, 0.2) is 66.7 Å². The van der Waals surface area contributed by atoms with Gasteiger partial charge < -0.3 is 15.4 Å². The lowest BCUT2D eigenvalue weighted by Crippen LogP contribution is -2.21. The van der Waals surface area contributed by atoms with Gasteiger partial charge in [0.15, 0.2) is 12.4 Å². The zero-order valence-corrected chi connectivity index (χ0v) is 17.7.